The molecule has 1 fully saturated rings. The summed E-state index contributed by atoms with van der Waals surface area (Å²) in [6.07, 6.45) is 5.34. The van der Waals surface area contributed by atoms with Gasteiger partial charge in [0.05, 0.1) is 6.07 Å². The van der Waals surface area contributed by atoms with E-state index in [0.717, 1.165) is 31.7 Å². The van der Waals surface area contributed by atoms with E-state index in [1.54, 1.807) is 0 Å². The molecule has 1 N–H and O–H groups in total. The molecule has 0 unspecified atom stereocenters. The largest absolute Gasteiger partial charge is 0.299 e. The molecule has 0 aliphatic heterocycles. The van der Waals surface area contributed by atoms with Crippen molar-refractivity contribution in [2.75, 3.05) is 6.54 Å². The van der Waals surface area contributed by atoms with Crippen molar-refractivity contribution < 1.29 is 0 Å². The first kappa shape index (κ1) is 13.1. The maximum Gasteiger partial charge on any atom is 0.106 e. The second-order valence-electron chi connectivity index (χ2n) is 5.54. The molecular formula is C16H22N2. The van der Waals surface area contributed by atoms with Crippen LogP contribution >= 0.6 is 0 Å². The summed E-state index contributed by atoms with van der Waals surface area (Å²) in [4.78, 5) is 0. The average Bonchev–Trinajstić information content (AvgIpc) is 2.43. The summed E-state index contributed by atoms with van der Waals surface area (Å²) in [5.74, 6) is 0.780. The maximum atomic E-state index is 9.41. The van der Waals surface area contributed by atoms with Crippen molar-refractivity contribution in [2.24, 2.45) is 5.92 Å². The van der Waals surface area contributed by atoms with Gasteiger partial charge in [0.1, 0.15) is 5.54 Å². The van der Waals surface area contributed by atoms with Crippen LogP contribution in [0.5, 0.6) is 0 Å². The summed E-state index contributed by atoms with van der Waals surface area (Å²) in [5, 5.41) is 12.9. The van der Waals surface area contributed by atoms with Crippen LogP contribution in [-0.4, -0.2) is 12.1 Å². The fourth-order valence-electron chi connectivity index (χ4n) is 2.67. The van der Waals surface area contributed by atoms with Gasteiger partial charge in [0.15, 0.2) is 0 Å². The molecule has 1 saturated carbocycles. The van der Waals surface area contributed by atoms with Gasteiger partial charge in [-0.05, 0) is 43.6 Å². The first-order valence-corrected chi connectivity index (χ1v) is 6.94. The molecule has 0 heterocycles. The van der Waals surface area contributed by atoms with Crippen molar-refractivity contribution in [1.29, 1.82) is 5.26 Å². The highest BCUT2D eigenvalue weighted by Crippen LogP contribution is 2.31. The number of nitrogens with zero attached hydrogens (tertiary/aromatic N) is 1. The predicted octanol–water partition coefficient (Wildman–Crippen LogP) is 3.29. The molecule has 0 atom stereocenters. The van der Waals surface area contributed by atoms with Crippen molar-refractivity contribution in [3.63, 3.8) is 0 Å². The Kier molecular flexibility index (Phi) is 4.38. The van der Waals surface area contributed by atoms with Gasteiger partial charge in [-0.3, -0.25) is 5.32 Å². The van der Waals surface area contributed by atoms with E-state index in [0.29, 0.717) is 0 Å². The van der Waals surface area contributed by atoms with Crippen molar-refractivity contribution in [3.05, 3.63) is 35.9 Å². The molecule has 96 valence electrons. The van der Waals surface area contributed by atoms with Crippen molar-refractivity contribution in [1.82, 2.24) is 5.32 Å². The molecule has 0 aromatic heterocycles. The van der Waals surface area contributed by atoms with E-state index in [-0.39, 0.29) is 5.54 Å². The molecule has 2 rings (SSSR count). The lowest BCUT2D eigenvalue weighted by atomic mass is 9.78. The van der Waals surface area contributed by atoms with E-state index in [9.17, 15) is 5.26 Å². The summed E-state index contributed by atoms with van der Waals surface area (Å²) in [6.45, 7) is 3.18. The minimum atomic E-state index is -0.263. The lowest BCUT2D eigenvalue weighted by Crippen LogP contribution is -2.47. The van der Waals surface area contributed by atoms with E-state index >= 15 is 0 Å². The zero-order valence-corrected chi connectivity index (χ0v) is 11.2. The minimum absolute atomic E-state index is 0.263. The highest BCUT2D eigenvalue weighted by Gasteiger charge is 2.33. The van der Waals surface area contributed by atoms with Crippen molar-refractivity contribution in [3.8, 4) is 6.07 Å². The molecule has 0 radical (unpaired) electrons. The van der Waals surface area contributed by atoms with Gasteiger partial charge in [-0.15, -0.1) is 0 Å². The molecule has 2 heteroatoms. The number of hydrogen-bond donors (Lipinski definition) is 1. The van der Waals surface area contributed by atoms with Crippen molar-refractivity contribution in [2.45, 2.75) is 44.6 Å². The number of benzene rings is 1. The molecule has 2 nitrogen and oxygen atoms in total. The predicted molar refractivity (Wildman–Crippen MR) is 74.1 cm³/mol. The Morgan fingerprint density at radius 3 is 2.56 bits per heavy atom. The van der Waals surface area contributed by atoms with E-state index in [2.05, 4.69) is 42.6 Å². The van der Waals surface area contributed by atoms with E-state index < -0.39 is 0 Å². The van der Waals surface area contributed by atoms with Crippen LogP contribution in [-0.2, 0) is 6.42 Å². The highest BCUT2D eigenvalue weighted by atomic mass is 15.0. The van der Waals surface area contributed by atoms with Gasteiger partial charge >= 0.3 is 0 Å². The quantitative estimate of drug-likeness (QED) is 0.879. The molecular weight excluding hydrogens is 220 g/mol. The van der Waals surface area contributed by atoms with Crippen LogP contribution in [0, 0.1) is 17.2 Å². The minimum Gasteiger partial charge on any atom is -0.299 e. The summed E-state index contributed by atoms with van der Waals surface area (Å²) in [7, 11) is 0. The van der Waals surface area contributed by atoms with E-state index in [1.165, 1.54) is 18.4 Å². The maximum absolute atomic E-state index is 9.41. The van der Waals surface area contributed by atoms with Crippen LogP contribution in [0.25, 0.3) is 0 Å². The Balaban J connectivity index is 1.83. The Labute approximate surface area is 110 Å². The Morgan fingerprint density at radius 2 is 1.94 bits per heavy atom. The third-order valence-electron chi connectivity index (χ3n) is 4.06. The third kappa shape index (κ3) is 3.34. The molecule has 0 amide bonds. The number of rotatable bonds is 4. The summed E-state index contributed by atoms with van der Waals surface area (Å²) >= 11 is 0. The van der Waals surface area contributed by atoms with Crippen LogP contribution in [0.3, 0.4) is 0 Å². The smallest absolute Gasteiger partial charge is 0.106 e. The standard InChI is InChI=1S/C16H22N2/c1-14-7-10-16(13-17,11-8-14)18-12-9-15-5-3-2-4-6-15/h2-6,14,18H,7-12H2,1H3. The zero-order chi connectivity index (χ0) is 12.8. The van der Waals surface area contributed by atoms with Crippen LogP contribution in [0.15, 0.2) is 30.3 Å². The van der Waals surface area contributed by atoms with Gasteiger partial charge in [0.2, 0.25) is 0 Å². The number of nitrogens with one attached hydrogen (secondary N) is 1. The second-order valence-corrected chi connectivity index (χ2v) is 5.54. The Morgan fingerprint density at radius 1 is 1.28 bits per heavy atom. The van der Waals surface area contributed by atoms with Gasteiger partial charge in [0, 0.05) is 6.54 Å². The van der Waals surface area contributed by atoms with Gasteiger partial charge < -0.3 is 0 Å². The molecule has 18 heavy (non-hydrogen) atoms. The van der Waals surface area contributed by atoms with Gasteiger partial charge in [-0.2, -0.15) is 5.26 Å². The molecule has 0 bridgehead atoms. The highest BCUT2D eigenvalue weighted by molar-refractivity contribution is 5.15. The zero-order valence-electron chi connectivity index (χ0n) is 11.2. The third-order valence-corrected chi connectivity index (χ3v) is 4.06. The second kappa shape index (κ2) is 6.02. The molecule has 0 saturated heterocycles. The SMILES string of the molecule is CC1CCC(C#N)(NCCc2ccccc2)CC1. The molecule has 1 aromatic carbocycles. The molecule has 0 spiro atoms. The van der Waals surface area contributed by atoms with Crippen LogP contribution < -0.4 is 5.32 Å². The average molecular weight is 242 g/mol. The van der Waals surface area contributed by atoms with E-state index in [1.807, 2.05) is 6.07 Å². The van der Waals surface area contributed by atoms with E-state index in [4.69, 9.17) is 0 Å². The monoisotopic (exact) mass is 242 g/mol. The van der Waals surface area contributed by atoms with Crippen LogP contribution in [0.4, 0.5) is 0 Å². The van der Waals surface area contributed by atoms with Crippen LogP contribution in [0.2, 0.25) is 0 Å². The Hall–Kier alpha value is -1.33. The number of nitriles is 1. The first-order valence-electron chi connectivity index (χ1n) is 6.94. The Bertz CT molecular complexity index is 397. The van der Waals surface area contributed by atoms with Gasteiger partial charge in [-0.25, -0.2) is 0 Å². The number of hydrogen-bond acceptors (Lipinski definition) is 2. The summed E-state index contributed by atoms with van der Waals surface area (Å²) in [5.41, 5.74) is 1.07. The first-order chi connectivity index (χ1) is 8.74. The molecule has 1 aromatic rings. The lowest BCUT2D eigenvalue weighted by Gasteiger charge is -2.34. The lowest BCUT2D eigenvalue weighted by molar-refractivity contribution is 0.250. The fourth-order valence-corrected chi connectivity index (χ4v) is 2.67. The summed E-state index contributed by atoms with van der Waals surface area (Å²) in [6, 6.07) is 13.0. The van der Waals surface area contributed by atoms with Gasteiger partial charge in [-0.1, -0.05) is 37.3 Å². The summed E-state index contributed by atoms with van der Waals surface area (Å²) < 4.78 is 0. The topological polar surface area (TPSA) is 35.8 Å². The molecule has 1 aliphatic rings. The molecule has 1 aliphatic carbocycles. The normalized spacial score (nSPS) is 27.7. The van der Waals surface area contributed by atoms with Crippen LogP contribution in [0.1, 0.15) is 38.2 Å². The van der Waals surface area contributed by atoms with Gasteiger partial charge in [0.25, 0.3) is 0 Å². The fraction of sp³-hybridized carbons (Fsp3) is 0.562. The van der Waals surface area contributed by atoms with Crippen molar-refractivity contribution >= 4 is 0 Å².